The highest BCUT2D eigenvalue weighted by molar-refractivity contribution is 6.37. The number of amidine groups is 1. The molecule has 15 heavy (non-hydrogen) atoms. The van der Waals surface area contributed by atoms with Crippen LogP contribution in [0.5, 0.6) is 0 Å². The van der Waals surface area contributed by atoms with Crippen LogP contribution in [-0.4, -0.2) is 5.84 Å². The Morgan fingerprint density at radius 3 is 2.93 bits per heavy atom. The van der Waals surface area contributed by atoms with Crippen molar-refractivity contribution in [1.82, 2.24) is 0 Å². The lowest BCUT2D eigenvalue weighted by Crippen LogP contribution is -2.10. The molecule has 0 saturated heterocycles. The summed E-state index contributed by atoms with van der Waals surface area (Å²) in [5.41, 5.74) is 2.07. The summed E-state index contributed by atoms with van der Waals surface area (Å²) in [6.07, 6.45) is 0. The second-order valence-corrected chi connectivity index (χ2v) is 4.02. The number of anilines is 1. The summed E-state index contributed by atoms with van der Waals surface area (Å²) in [6.45, 7) is 1.95. The second kappa shape index (κ2) is 2.97. The SMILES string of the molecule is CC1=Nc2ccc(Cl)c3cccc(c23)N1. The molecule has 0 aromatic heterocycles. The van der Waals surface area contributed by atoms with Crippen LogP contribution in [-0.2, 0) is 0 Å². The van der Waals surface area contributed by atoms with Gasteiger partial charge in [0, 0.05) is 21.5 Å². The molecule has 3 rings (SSSR count). The zero-order valence-electron chi connectivity index (χ0n) is 8.21. The van der Waals surface area contributed by atoms with E-state index < -0.39 is 0 Å². The maximum Gasteiger partial charge on any atom is 0.103 e. The molecule has 2 aromatic carbocycles. The Morgan fingerprint density at radius 2 is 2.07 bits per heavy atom. The van der Waals surface area contributed by atoms with Crippen molar-refractivity contribution in [3.63, 3.8) is 0 Å². The number of nitrogens with zero attached hydrogens (tertiary/aromatic N) is 1. The lowest BCUT2D eigenvalue weighted by Gasteiger charge is -2.17. The fourth-order valence-corrected chi connectivity index (χ4v) is 2.17. The number of hydrogen-bond acceptors (Lipinski definition) is 2. The van der Waals surface area contributed by atoms with E-state index in [9.17, 15) is 0 Å². The largest absolute Gasteiger partial charge is 0.343 e. The molecule has 2 aromatic rings. The molecular formula is C12H9ClN2. The minimum absolute atomic E-state index is 0.771. The van der Waals surface area contributed by atoms with Crippen LogP contribution in [0.15, 0.2) is 35.3 Å². The normalized spacial score (nSPS) is 13.6. The van der Waals surface area contributed by atoms with Gasteiger partial charge in [-0.2, -0.15) is 0 Å². The van der Waals surface area contributed by atoms with E-state index >= 15 is 0 Å². The molecular weight excluding hydrogens is 208 g/mol. The van der Waals surface area contributed by atoms with E-state index in [1.54, 1.807) is 0 Å². The highest BCUT2D eigenvalue weighted by Crippen LogP contribution is 2.38. The van der Waals surface area contributed by atoms with Gasteiger partial charge in [0.15, 0.2) is 0 Å². The number of nitrogens with one attached hydrogen (secondary N) is 1. The minimum atomic E-state index is 0.771. The lowest BCUT2D eigenvalue weighted by molar-refractivity contribution is 1.46. The summed E-state index contributed by atoms with van der Waals surface area (Å²) in [7, 11) is 0. The molecule has 3 heteroatoms. The van der Waals surface area contributed by atoms with E-state index in [-0.39, 0.29) is 0 Å². The quantitative estimate of drug-likeness (QED) is 0.708. The van der Waals surface area contributed by atoms with Crippen LogP contribution in [0.4, 0.5) is 11.4 Å². The Balaban J connectivity index is 2.51. The number of aliphatic imine (C=N–C) groups is 1. The first kappa shape index (κ1) is 8.74. The summed E-state index contributed by atoms with van der Waals surface area (Å²) >= 11 is 6.14. The van der Waals surface area contributed by atoms with Crippen LogP contribution in [0, 0.1) is 0 Å². The Hall–Kier alpha value is -1.54. The average Bonchev–Trinajstić information content (AvgIpc) is 2.23. The van der Waals surface area contributed by atoms with Crippen molar-refractivity contribution in [2.45, 2.75) is 6.92 Å². The van der Waals surface area contributed by atoms with E-state index in [1.165, 1.54) is 0 Å². The average molecular weight is 217 g/mol. The number of hydrogen-bond donors (Lipinski definition) is 1. The topological polar surface area (TPSA) is 24.4 Å². The predicted octanol–water partition coefficient (Wildman–Crippen LogP) is 3.97. The van der Waals surface area contributed by atoms with Gasteiger partial charge in [0.1, 0.15) is 5.84 Å². The molecule has 0 saturated carbocycles. The molecule has 0 unspecified atom stereocenters. The molecule has 0 spiro atoms. The van der Waals surface area contributed by atoms with Crippen molar-refractivity contribution in [1.29, 1.82) is 0 Å². The van der Waals surface area contributed by atoms with E-state index in [0.29, 0.717) is 0 Å². The van der Waals surface area contributed by atoms with Gasteiger partial charge in [0.2, 0.25) is 0 Å². The molecule has 1 heterocycles. The van der Waals surface area contributed by atoms with Crippen molar-refractivity contribution in [3.05, 3.63) is 35.4 Å². The van der Waals surface area contributed by atoms with Gasteiger partial charge in [-0.1, -0.05) is 23.7 Å². The number of rotatable bonds is 0. The van der Waals surface area contributed by atoms with Crippen LogP contribution in [0.25, 0.3) is 10.8 Å². The molecule has 0 bridgehead atoms. The second-order valence-electron chi connectivity index (χ2n) is 3.62. The number of halogens is 1. The molecule has 0 atom stereocenters. The van der Waals surface area contributed by atoms with Gasteiger partial charge >= 0.3 is 0 Å². The molecule has 1 N–H and O–H groups in total. The molecule has 0 amide bonds. The third-order valence-corrected chi connectivity index (χ3v) is 2.90. The van der Waals surface area contributed by atoms with Crippen molar-refractivity contribution in [2.24, 2.45) is 4.99 Å². The fraction of sp³-hybridized carbons (Fsp3) is 0.0833. The maximum atomic E-state index is 6.14. The molecule has 0 radical (unpaired) electrons. The van der Waals surface area contributed by atoms with Crippen molar-refractivity contribution in [2.75, 3.05) is 5.32 Å². The van der Waals surface area contributed by atoms with Crippen LogP contribution in [0.3, 0.4) is 0 Å². The Bertz CT molecular complexity index is 587. The van der Waals surface area contributed by atoms with Crippen molar-refractivity contribution in [3.8, 4) is 0 Å². The Morgan fingerprint density at radius 1 is 1.20 bits per heavy atom. The summed E-state index contributed by atoms with van der Waals surface area (Å²) in [6, 6.07) is 9.91. The summed E-state index contributed by atoms with van der Waals surface area (Å²) < 4.78 is 0. The third-order valence-electron chi connectivity index (χ3n) is 2.57. The first-order valence-electron chi connectivity index (χ1n) is 4.79. The van der Waals surface area contributed by atoms with Gasteiger partial charge < -0.3 is 5.32 Å². The third kappa shape index (κ3) is 1.22. The highest BCUT2D eigenvalue weighted by Gasteiger charge is 2.13. The first-order chi connectivity index (χ1) is 7.25. The number of benzene rings is 2. The summed E-state index contributed by atoms with van der Waals surface area (Å²) in [5, 5.41) is 6.17. The lowest BCUT2D eigenvalue weighted by atomic mass is 10.1. The van der Waals surface area contributed by atoms with Gasteiger partial charge in [-0.3, -0.25) is 0 Å². The Labute approximate surface area is 92.6 Å². The highest BCUT2D eigenvalue weighted by atomic mass is 35.5. The molecule has 74 valence electrons. The monoisotopic (exact) mass is 216 g/mol. The molecule has 0 aliphatic carbocycles. The minimum Gasteiger partial charge on any atom is -0.343 e. The van der Waals surface area contributed by atoms with E-state index in [0.717, 1.165) is 33.0 Å². The van der Waals surface area contributed by atoms with E-state index in [2.05, 4.69) is 10.3 Å². The van der Waals surface area contributed by atoms with Crippen LogP contribution < -0.4 is 5.32 Å². The molecule has 2 nitrogen and oxygen atoms in total. The van der Waals surface area contributed by atoms with E-state index in [1.807, 2.05) is 37.3 Å². The predicted molar refractivity (Wildman–Crippen MR) is 65.3 cm³/mol. The van der Waals surface area contributed by atoms with Gasteiger partial charge in [-0.05, 0) is 25.1 Å². The standard InChI is InChI=1S/C12H9ClN2/c1-7-14-10-4-2-3-8-9(13)5-6-11(15-7)12(8)10/h2-6H,1H3,(H,14,15). The zero-order valence-corrected chi connectivity index (χ0v) is 8.97. The van der Waals surface area contributed by atoms with E-state index in [4.69, 9.17) is 11.6 Å². The maximum absolute atomic E-state index is 6.14. The van der Waals surface area contributed by atoms with Crippen LogP contribution in [0.1, 0.15) is 6.92 Å². The van der Waals surface area contributed by atoms with Gasteiger partial charge in [-0.15, -0.1) is 0 Å². The fourth-order valence-electron chi connectivity index (χ4n) is 1.95. The molecule has 1 aliphatic heterocycles. The van der Waals surface area contributed by atoms with Crippen molar-refractivity contribution < 1.29 is 0 Å². The van der Waals surface area contributed by atoms with Crippen LogP contribution in [0.2, 0.25) is 5.02 Å². The Kier molecular flexibility index (Phi) is 1.73. The smallest absolute Gasteiger partial charge is 0.103 e. The molecule has 1 aliphatic rings. The zero-order chi connectivity index (χ0) is 10.4. The summed E-state index contributed by atoms with van der Waals surface area (Å²) in [5.74, 6) is 0.914. The van der Waals surface area contributed by atoms with Gasteiger partial charge in [-0.25, -0.2) is 4.99 Å². The summed E-state index contributed by atoms with van der Waals surface area (Å²) in [4.78, 5) is 4.45. The van der Waals surface area contributed by atoms with Crippen molar-refractivity contribution >= 4 is 39.6 Å². The molecule has 0 fully saturated rings. The van der Waals surface area contributed by atoms with Crippen LogP contribution >= 0.6 is 11.6 Å². The van der Waals surface area contributed by atoms with Gasteiger partial charge in [0.05, 0.1) is 5.69 Å². The first-order valence-corrected chi connectivity index (χ1v) is 5.17. The van der Waals surface area contributed by atoms with Gasteiger partial charge in [0.25, 0.3) is 0 Å².